The summed E-state index contributed by atoms with van der Waals surface area (Å²) in [7, 11) is 0. The number of hydrogen-bond donors (Lipinski definition) is 3. The number of thiol groups is 1. The highest BCUT2D eigenvalue weighted by atomic mass is 35.5. The molecule has 1 aromatic carbocycles. The molecular formula is C24H31ClFN5O3S. The largest absolute Gasteiger partial charge is 0.297 e. The first-order chi connectivity index (χ1) is 16.5. The van der Waals surface area contributed by atoms with Crippen LogP contribution in [0, 0.1) is 11.7 Å². The van der Waals surface area contributed by atoms with Gasteiger partial charge in [0.15, 0.2) is 5.78 Å². The van der Waals surface area contributed by atoms with Gasteiger partial charge in [-0.2, -0.15) is 12.6 Å². The molecular weight excluding hydrogens is 493 g/mol. The van der Waals surface area contributed by atoms with Gasteiger partial charge in [-0.3, -0.25) is 24.4 Å². The summed E-state index contributed by atoms with van der Waals surface area (Å²) in [5, 5.41) is 16.9. The maximum absolute atomic E-state index is 14.7. The lowest BCUT2D eigenvalue weighted by molar-refractivity contribution is -0.129. The van der Waals surface area contributed by atoms with Gasteiger partial charge in [0.1, 0.15) is 11.5 Å². The molecule has 2 fully saturated rings. The first kappa shape index (κ1) is 27.3. The Balaban J connectivity index is 0.00000342. The first-order valence-electron chi connectivity index (χ1n) is 11.7. The number of carbonyl (C=O) groups excluding carboxylic acids is 2. The number of unbranched alkanes of at least 4 members (excludes halogenated alkanes) is 1. The summed E-state index contributed by atoms with van der Waals surface area (Å²) < 4.78 is 16.4. The Hall–Kier alpha value is -2.27. The van der Waals surface area contributed by atoms with E-state index >= 15 is 0 Å². The zero-order valence-corrected chi connectivity index (χ0v) is 21.1. The molecule has 190 valence electrons. The number of piperidine rings is 1. The Morgan fingerprint density at radius 2 is 2.03 bits per heavy atom. The summed E-state index contributed by atoms with van der Waals surface area (Å²) in [5.74, 6) is -0.629. The SMILES string of the molecule is Cl.O=C(CCCCn1cc(/C=C2\CN(C(C(=O)C3CC3)c3ccccc3F)CCC2S)nn1)NO. The number of nitrogens with zero attached hydrogens (tertiary/aromatic N) is 4. The second-order valence-corrected chi connectivity index (χ2v) is 9.62. The Morgan fingerprint density at radius 3 is 2.74 bits per heavy atom. The van der Waals surface area contributed by atoms with Gasteiger partial charge >= 0.3 is 0 Å². The lowest BCUT2D eigenvalue weighted by Crippen LogP contribution is -2.42. The van der Waals surface area contributed by atoms with Gasteiger partial charge in [-0.25, -0.2) is 9.87 Å². The van der Waals surface area contributed by atoms with Crippen LogP contribution in [0.5, 0.6) is 0 Å². The van der Waals surface area contributed by atoms with E-state index in [-0.39, 0.29) is 41.6 Å². The Morgan fingerprint density at radius 1 is 1.26 bits per heavy atom. The van der Waals surface area contributed by atoms with E-state index in [4.69, 9.17) is 17.8 Å². The Kier molecular flexibility index (Phi) is 9.85. The number of likely N-dealkylation sites (tertiary alicyclic amines) is 1. The molecule has 1 saturated carbocycles. The fourth-order valence-corrected chi connectivity index (χ4v) is 4.64. The molecule has 11 heteroatoms. The maximum atomic E-state index is 14.7. The highest BCUT2D eigenvalue weighted by Gasteiger charge is 2.40. The van der Waals surface area contributed by atoms with E-state index in [0.29, 0.717) is 37.3 Å². The third-order valence-electron chi connectivity index (χ3n) is 6.37. The summed E-state index contributed by atoms with van der Waals surface area (Å²) in [6.07, 6.45) is 7.90. The number of aromatic nitrogens is 3. The zero-order valence-electron chi connectivity index (χ0n) is 19.3. The second-order valence-electron chi connectivity index (χ2n) is 8.99. The van der Waals surface area contributed by atoms with Crippen molar-refractivity contribution >= 4 is 42.8 Å². The maximum Gasteiger partial charge on any atom is 0.243 e. The molecule has 1 aliphatic heterocycles. The third-order valence-corrected chi connectivity index (χ3v) is 6.96. The van der Waals surface area contributed by atoms with Crippen molar-refractivity contribution in [3.05, 3.63) is 53.1 Å². The predicted octanol–water partition coefficient (Wildman–Crippen LogP) is 3.62. The van der Waals surface area contributed by atoms with E-state index in [1.165, 1.54) is 6.07 Å². The smallest absolute Gasteiger partial charge is 0.243 e. The molecule has 2 atom stereocenters. The molecule has 0 bridgehead atoms. The molecule has 1 aromatic heterocycles. The highest BCUT2D eigenvalue weighted by Crippen LogP contribution is 2.39. The van der Waals surface area contributed by atoms with Gasteiger partial charge < -0.3 is 0 Å². The molecule has 2 heterocycles. The van der Waals surface area contributed by atoms with Crippen LogP contribution in [0.15, 0.2) is 36.0 Å². The number of aryl methyl sites for hydroxylation is 1. The number of benzene rings is 1. The zero-order chi connectivity index (χ0) is 24.1. The molecule has 8 nitrogen and oxygen atoms in total. The van der Waals surface area contributed by atoms with Crippen LogP contribution in [-0.4, -0.2) is 55.1 Å². The number of rotatable bonds is 10. The molecule has 1 amide bonds. The van der Waals surface area contributed by atoms with E-state index in [0.717, 1.165) is 31.3 Å². The Labute approximate surface area is 215 Å². The van der Waals surface area contributed by atoms with Gasteiger partial charge in [-0.1, -0.05) is 23.4 Å². The number of nitrogens with one attached hydrogen (secondary N) is 1. The van der Waals surface area contributed by atoms with Crippen molar-refractivity contribution in [2.75, 3.05) is 13.1 Å². The Bertz CT molecular complexity index is 1060. The van der Waals surface area contributed by atoms with Crippen molar-refractivity contribution < 1.29 is 19.2 Å². The van der Waals surface area contributed by atoms with Crippen LogP contribution in [0.4, 0.5) is 4.39 Å². The van der Waals surface area contributed by atoms with Crippen molar-refractivity contribution in [1.29, 1.82) is 0 Å². The summed E-state index contributed by atoms with van der Waals surface area (Å²) in [6.45, 7) is 1.78. The van der Waals surface area contributed by atoms with E-state index in [1.54, 1.807) is 28.4 Å². The molecule has 1 saturated heterocycles. The number of halogens is 2. The summed E-state index contributed by atoms with van der Waals surface area (Å²) >= 11 is 4.74. The fraction of sp³-hybridized carbons (Fsp3) is 0.500. The van der Waals surface area contributed by atoms with Crippen molar-refractivity contribution in [1.82, 2.24) is 25.4 Å². The summed E-state index contributed by atoms with van der Waals surface area (Å²) in [4.78, 5) is 26.3. The van der Waals surface area contributed by atoms with Gasteiger partial charge in [-0.05, 0) is 49.8 Å². The average Bonchev–Trinajstić information content (AvgIpc) is 3.60. The molecule has 2 unspecified atom stereocenters. The molecule has 4 rings (SSSR count). The summed E-state index contributed by atoms with van der Waals surface area (Å²) in [6, 6.07) is 5.96. The predicted molar refractivity (Wildman–Crippen MR) is 135 cm³/mol. The van der Waals surface area contributed by atoms with Gasteiger partial charge in [0, 0.05) is 42.8 Å². The number of carbonyl (C=O) groups is 2. The van der Waals surface area contributed by atoms with Crippen LogP contribution in [0.3, 0.4) is 0 Å². The average molecular weight is 524 g/mol. The van der Waals surface area contributed by atoms with E-state index in [2.05, 4.69) is 15.2 Å². The van der Waals surface area contributed by atoms with Crippen LogP contribution < -0.4 is 5.48 Å². The van der Waals surface area contributed by atoms with Crippen molar-refractivity contribution in [3.63, 3.8) is 0 Å². The normalized spacial score (nSPS) is 20.3. The van der Waals surface area contributed by atoms with Crippen molar-refractivity contribution in [2.24, 2.45) is 5.92 Å². The van der Waals surface area contributed by atoms with Crippen LogP contribution >= 0.6 is 25.0 Å². The molecule has 1 aliphatic carbocycles. The van der Waals surface area contributed by atoms with Gasteiger partial charge in [0.05, 0.1) is 12.2 Å². The monoisotopic (exact) mass is 523 g/mol. The van der Waals surface area contributed by atoms with E-state index < -0.39 is 11.9 Å². The van der Waals surface area contributed by atoms with Crippen LogP contribution in [0.25, 0.3) is 6.08 Å². The van der Waals surface area contributed by atoms with Gasteiger partial charge in [-0.15, -0.1) is 17.5 Å². The first-order valence-corrected chi connectivity index (χ1v) is 12.2. The standard InChI is InChI=1S/C24H30FN5O3S.ClH/c25-20-6-2-1-5-19(20)23(24(32)16-8-9-16)29-12-10-21(34)17(14-29)13-18-15-30(28-26-18)11-4-3-7-22(31)27-33;/h1-2,5-6,13,15-16,21,23,33-34H,3-4,7-12,14H2,(H,27,31);1H/b17-13+;. The van der Waals surface area contributed by atoms with E-state index in [9.17, 15) is 14.0 Å². The number of amides is 1. The van der Waals surface area contributed by atoms with Crippen LogP contribution in [0.1, 0.15) is 55.8 Å². The molecule has 35 heavy (non-hydrogen) atoms. The highest BCUT2D eigenvalue weighted by molar-refractivity contribution is 7.81. The quantitative estimate of drug-likeness (QED) is 0.190. The van der Waals surface area contributed by atoms with Crippen LogP contribution in [0.2, 0.25) is 0 Å². The molecule has 2 aromatic rings. The second kappa shape index (κ2) is 12.6. The molecule has 2 N–H and O–H groups in total. The topological polar surface area (TPSA) is 100 Å². The fourth-order valence-electron chi connectivity index (χ4n) is 4.37. The minimum absolute atomic E-state index is 0. The molecule has 0 spiro atoms. The minimum Gasteiger partial charge on any atom is -0.297 e. The number of hydrogen-bond acceptors (Lipinski definition) is 7. The molecule has 2 aliphatic rings. The number of hydroxylamine groups is 1. The summed E-state index contributed by atoms with van der Waals surface area (Å²) in [5.41, 5.74) is 3.78. The lowest BCUT2D eigenvalue weighted by Gasteiger charge is -2.37. The third kappa shape index (κ3) is 7.13. The minimum atomic E-state index is -0.593. The number of Topliss-reactive ketones (excluding diaryl/α,β-unsaturated/α-hetero) is 1. The van der Waals surface area contributed by atoms with Crippen molar-refractivity contribution in [2.45, 2.75) is 56.4 Å². The van der Waals surface area contributed by atoms with Gasteiger partial charge in [0.2, 0.25) is 5.91 Å². The van der Waals surface area contributed by atoms with Gasteiger partial charge in [0.25, 0.3) is 0 Å². The number of ketones is 1. The van der Waals surface area contributed by atoms with Crippen molar-refractivity contribution in [3.8, 4) is 0 Å². The molecule has 0 radical (unpaired) electrons. The lowest BCUT2D eigenvalue weighted by atomic mass is 9.93. The van der Waals surface area contributed by atoms with Crippen LogP contribution in [-0.2, 0) is 16.1 Å². The van der Waals surface area contributed by atoms with E-state index in [1.807, 2.05) is 12.3 Å².